The van der Waals surface area contributed by atoms with Crippen LogP contribution in [0.15, 0.2) is 30.3 Å². The molecule has 1 aromatic rings. The average molecular weight is 192 g/mol. The van der Waals surface area contributed by atoms with Gasteiger partial charge >= 0.3 is 0 Å². The fraction of sp³-hybridized carbons (Fsp3) is 0.500. The zero-order chi connectivity index (χ0) is 10.2. The predicted molar refractivity (Wildman–Crippen MR) is 54.9 cm³/mol. The van der Waals surface area contributed by atoms with Crippen LogP contribution in [0.4, 0.5) is 0 Å². The van der Waals surface area contributed by atoms with E-state index in [1.807, 2.05) is 44.2 Å². The van der Waals surface area contributed by atoms with Gasteiger partial charge in [0, 0.05) is 5.41 Å². The Kier molecular flexibility index (Phi) is 2.33. The highest BCUT2D eigenvalue weighted by atomic mass is 16.5. The fourth-order valence-electron chi connectivity index (χ4n) is 1.81. The number of hydrogen-bond donors (Lipinski definition) is 1. The first-order valence-corrected chi connectivity index (χ1v) is 4.96. The molecule has 1 aliphatic rings. The van der Waals surface area contributed by atoms with E-state index in [2.05, 4.69) is 0 Å². The Bertz CT molecular complexity index is 305. The van der Waals surface area contributed by atoms with Crippen LogP contribution in [0.25, 0.3) is 0 Å². The standard InChI is InChI=1S/C12H16O2/c1-12(2)8-14-10(11(12)13)9-6-4-3-5-7-9/h3-7,10-11,13H,8H2,1-2H3. The molecule has 0 radical (unpaired) electrons. The summed E-state index contributed by atoms with van der Waals surface area (Å²) >= 11 is 0. The first kappa shape index (κ1) is 9.69. The van der Waals surface area contributed by atoms with Gasteiger partial charge in [0.05, 0.1) is 12.7 Å². The van der Waals surface area contributed by atoms with Crippen molar-refractivity contribution in [3.8, 4) is 0 Å². The van der Waals surface area contributed by atoms with E-state index in [1.54, 1.807) is 0 Å². The first-order chi connectivity index (χ1) is 6.61. The molecule has 1 fully saturated rings. The Morgan fingerprint density at radius 1 is 1.29 bits per heavy atom. The van der Waals surface area contributed by atoms with Crippen molar-refractivity contribution < 1.29 is 9.84 Å². The van der Waals surface area contributed by atoms with Gasteiger partial charge in [0.2, 0.25) is 0 Å². The van der Waals surface area contributed by atoms with Gasteiger partial charge in [-0.3, -0.25) is 0 Å². The number of rotatable bonds is 1. The smallest absolute Gasteiger partial charge is 0.109 e. The summed E-state index contributed by atoms with van der Waals surface area (Å²) in [4.78, 5) is 0. The molecule has 0 spiro atoms. The zero-order valence-corrected chi connectivity index (χ0v) is 8.60. The Hall–Kier alpha value is -0.860. The van der Waals surface area contributed by atoms with Crippen LogP contribution in [0.5, 0.6) is 0 Å². The van der Waals surface area contributed by atoms with Gasteiger partial charge in [-0.15, -0.1) is 0 Å². The van der Waals surface area contributed by atoms with Crippen molar-refractivity contribution in [2.24, 2.45) is 5.41 Å². The molecule has 0 saturated carbocycles. The number of benzene rings is 1. The van der Waals surface area contributed by atoms with Gasteiger partial charge in [0.15, 0.2) is 0 Å². The molecule has 1 aromatic carbocycles. The zero-order valence-electron chi connectivity index (χ0n) is 8.60. The molecule has 2 atom stereocenters. The number of hydrogen-bond acceptors (Lipinski definition) is 2. The summed E-state index contributed by atoms with van der Waals surface area (Å²) in [6.07, 6.45) is -0.573. The van der Waals surface area contributed by atoms with Crippen molar-refractivity contribution in [3.63, 3.8) is 0 Å². The minimum Gasteiger partial charge on any atom is -0.389 e. The first-order valence-electron chi connectivity index (χ1n) is 4.96. The lowest BCUT2D eigenvalue weighted by Crippen LogP contribution is -2.28. The Morgan fingerprint density at radius 2 is 1.93 bits per heavy atom. The quantitative estimate of drug-likeness (QED) is 0.738. The molecule has 14 heavy (non-hydrogen) atoms. The van der Waals surface area contributed by atoms with E-state index in [0.29, 0.717) is 6.61 Å². The molecule has 2 nitrogen and oxygen atoms in total. The molecule has 2 heteroatoms. The summed E-state index contributed by atoms with van der Waals surface area (Å²) in [5, 5.41) is 10.0. The molecule has 2 unspecified atom stereocenters. The van der Waals surface area contributed by atoms with Gasteiger partial charge in [-0.1, -0.05) is 44.2 Å². The lowest BCUT2D eigenvalue weighted by Gasteiger charge is -2.22. The van der Waals surface area contributed by atoms with Crippen LogP contribution in [0.2, 0.25) is 0 Å². The van der Waals surface area contributed by atoms with Crippen molar-refractivity contribution in [1.29, 1.82) is 0 Å². The molecule has 1 aliphatic heterocycles. The van der Waals surface area contributed by atoms with Gasteiger partial charge in [0.25, 0.3) is 0 Å². The van der Waals surface area contributed by atoms with Crippen molar-refractivity contribution in [1.82, 2.24) is 0 Å². The topological polar surface area (TPSA) is 29.5 Å². The highest BCUT2D eigenvalue weighted by Gasteiger charge is 2.42. The monoisotopic (exact) mass is 192 g/mol. The molecule has 0 aromatic heterocycles. The maximum atomic E-state index is 10.0. The summed E-state index contributed by atoms with van der Waals surface area (Å²) < 4.78 is 5.62. The van der Waals surface area contributed by atoms with E-state index in [1.165, 1.54) is 0 Å². The molecule has 0 bridgehead atoms. The van der Waals surface area contributed by atoms with E-state index in [-0.39, 0.29) is 11.5 Å². The minimum atomic E-state index is -0.412. The van der Waals surface area contributed by atoms with Crippen LogP contribution >= 0.6 is 0 Å². The third-order valence-corrected chi connectivity index (χ3v) is 2.85. The van der Waals surface area contributed by atoms with Crippen LogP contribution in [-0.4, -0.2) is 17.8 Å². The van der Waals surface area contributed by atoms with Gasteiger partial charge in [-0.05, 0) is 5.56 Å². The molecule has 1 saturated heterocycles. The van der Waals surface area contributed by atoms with E-state index >= 15 is 0 Å². The second-order valence-electron chi connectivity index (χ2n) is 4.58. The Morgan fingerprint density at radius 3 is 2.43 bits per heavy atom. The number of aliphatic hydroxyl groups is 1. The highest BCUT2D eigenvalue weighted by molar-refractivity contribution is 5.20. The Labute approximate surface area is 84.5 Å². The number of ether oxygens (including phenoxy) is 1. The fourth-order valence-corrected chi connectivity index (χ4v) is 1.81. The van der Waals surface area contributed by atoms with Crippen LogP contribution in [0, 0.1) is 5.41 Å². The summed E-state index contributed by atoms with van der Waals surface area (Å²) in [6, 6.07) is 9.90. The maximum absolute atomic E-state index is 10.0. The minimum absolute atomic E-state index is 0.138. The van der Waals surface area contributed by atoms with Gasteiger partial charge < -0.3 is 9.84 Å². The van der Waals surface area contributed by atoms with Crippen molar-refractivity contribution >= 4 is 0 Å². The third kappa shape index (κ3) is 1.56. The van der Waals surface area contributed by atoms with Gasteiger partial charge in [0.1, 0.15) is 6.10 Å². The summed E-state index contributed by atoms with van der Waals surface area (Å²) in [6.45, 7) is 4.68. The number of aliphatic hydroxyl groups excluding tert-OH is 1. The molecular formula is C12H16O2. The third-order valence-electron chi connectivity index (χ3n) is 2.85. The van der Waals surface area contributed by atoms with E-state index in [0.717, 1.165) is 5.56 Å². The molecule has 76 valence electrons. The van der Waals surface area contributed by atoms with Crippen LogP contribution < -0.4 is 0 Å². The van der Waals surface area contributed by atoms with Gasteiger partial charge in [-0.25, -0.2) is 0 Å². The molecular weight excluding hydrogens is 176 g/mol. The second kappa shape index (κ2) is 3.37. The summed E-state index contributed by atoms with van der Waals surface area (Å²) in [7, 11) is 0. The van der Waals surface area contributed by atoms with Crippen LogP contribution in [0.1, 0.15) is 25.5 Å². The average Bonchev–Trinajstić information content (AvgIpc) is 2.44. The summed E-state index contributed by atoms with van der Waals surface area (Å²) in [5.74, 6) is 0. The van der Waals surface area contributed by atoms with E-state index in [9.17, 15) is 5.11 Å². The van der Waals surface area contributed by atoms with Crippen molar-refractivity contribution in [3.05, 3.63) is 35.9 Å². The largest absolute Gasteiger partial charge is 0.389 e. The van der Waals surface area contributed by atoms with E-state index < -0.39 is 6.10 Å². The molecule has 1 N–H and O–H groups in total. The lowest BCUT2D eigenvalue weighted by atomic mass is 9.85. The lowest BCUT2D eigenvalue weighted by molar-refractivity contribution is 0.0307. The van der Waals surface area contributed by atoms with Gasteiger partial charge in [-0.2, -0.15) is 0 Å². The predicted octanol–water partition coefficient (Wildman–Crippen LogP) is 2.15. The molecule has 2 rings (SSSR count). The molecule has 1 heterocycles. The van der Waals surface area contributed by atoms with Crippen LogP contribution in [0.3, 0.4) is 0 Å². The summed E-state index contributed by atoms with van der Waals surface area (Å²) in [5.41, 5.74) is 0.922. The SMILES string of the molecule is CC1(C)COC(c2ccccc2)C1O. The van der Waals surface area contributed by atoms with Crippen molar-refractivity contribution in [2.75, 3.05) is 6.61 Å². The van der Waals surface area contributed by atoms with E-state index in [4.69, 9.17) is 4.74 Å². The Balaban J connectivity index is 2.23. The molecule has 0 aliphatic carbocycles. The highest BCUT2D eigenvalue weighted by Crippen LogP contribution is 2.40. The van der Waals surface area contributed by atoms with Crippen LogP contribution in [-0.2, 0) is 4.74 Å². The molecule has 0 amide bonds. The van der Waals surface area contributed by atoms with Crippen molar-refractivity contribution in [2.45, 2.75) is 26.1 Å². The normalized spacial score (nSPS) is 30.5. The second-order valence-corrected chi connectivity index (χ2v) is 4.58. The maximum Gasteiger partial charge on any atom is 0.109 e.